The Morgan fingerprint density at radius 3 is 2.17 bits per heavy atom. The molecule has 0 aliphatic rings. The van der Waals surface area contributed by atoms with E-state index in [0.29, 0.717) is 16.8 Å². The summed E-state index contributed by atoms with van der Waals surface area (Å²) in [5.74, 6) is 0.183. The Kier molecular flexibility index (Phi) is 5.89. The van der Waals surface area contributed by atoms with Crippen LogP contribution in [0.25, 0.3) is 0 Å². The molecular formula is C18H21N3O3. The zero-order valence-corrected chi connectivity index (χ0v) is 14.1. The molecule has 0 aliphatic carbocycles. The maximum Gasteiger partial charge on any atom is 0.337 e. The zero-order chi connectivity index (χ0) is 17.5. The van der Waals surface area contributed by atoms with Gasteiger partial charge in [-0.2, -0.15) is 0 Å². The predicted molar refractivity (Wildman–Crippen MR) is 93.5 cm³/mol. The minimum absolute atomic E-state index is 0.251. The molecule has 126 valence electrons. The molecule has 1 aromatic carbocycles. The van der Waals surface area contributed by atoms with Crippen molar-refractivity contribution in [3.05, 3.63) is 53.7 Å². The van der Waals surface area contributed by atoms with Crippen molar-refractivity contribution in [3.8, 4) is 0 Å². The van der Waals surface area contributed by atoms with E-state index in [1.165, 1.54) is 7.11 Å². The molecule has 0 saturated carbocycles. The van der Waals surface area contributed by atoms with Crippen molar-refractivity contribution in [3.63, 3.8) is 0 Å². The highest BCUT2D eigenvalue weighted by molar-refractivity contribution is 6.04. The van der Waals surface area contributed by atoms with Crippen LogP contribution >= 0.6 is 0 Å². The van der Waals surface area contributed by atoms with Crippen molar-refractivity contribution in [1.82, 2.24) is 4.98 Å². The molecule has 1 heterocycles. The van der Waals surface area contributed by atoms with Crippen LogP contribution in [0, 0.1) is 0 Å². The number of aromatic nitrogens is 1. The van der Waals surface area contributed by atoms with E-state index in [1.807, 2.05) is 6.07 Å². The van der Waals surface area contributed by atoms with E-state index in [4.69, 9.17) is 0 Å². The number of benzene rings is 1. The minimum Gasteiger partial charge on any atom is -0.465 e. The summed E-state index contributed by atoms with van der Waals surface area (Å²) in [6, 6.07) is 10.1. The number of nitrogens with one attached hydrogen (secondary N) is 1. The van der Waals surface area contributed by atoms with Gasteiger partial charge in [0, 0.05) is 25.0 Å². The third-order valence-electron chi connectivity index (χ3n) is 3.66. The van der Waals surface area contributed by atoms with E-state index in [-0.39, 0.29) is 5.91 Å². The minimum atomic E-state index is -0.413. The van der Waals surface area contributed by atoms with Crippen LogP contribution in [-0.2, 0) is 4.74 Å². The van der Waals surface area contributed by atoms with Crippen LogP contribution in [-0.4, -0.2) is 37.1 Å². The second-order valence-electron chi connectivity index (χ2n) is 5.10. The standard InChI is InChI=1S/C18H21N3O3/c1-4-21(5-2)16-11-8-14(12-19-16)17(22)20-15-9-6-13(7-10-15)18(23)24-3/h6-12H,4-5H2,1-3H3,(H,20,22). The molecule has 0 atom stereocenters. The summed E-state index contributed by atoms with van der Waals surface area (Å²) in [6.45, 7) is 5.84. The molecule has 2 aromatic rings. The van der Waals surface area contributed by atoms with Crippen LogP contribution in [0.3, 0.4) is 0 Å². The highest BCUT2D eigenvalue weighted by Gasteiger charge is 2.10. The molecule has 0 saturated heterocycles. The van der Waals surface area contributed by atoms with Gasteiger partial charge in [0.2, 0.25) is 0 Å². The van der Waals surface area contributed by atoms with Crippen molar-refractivity contribution in [2.24, 2.45) is 0 Å². The third-order valence-corrected chi connectivity index (χ3v) is 3.66. The molecule has 0 fully saturated rings. The fourth-order valence-corrected chi connectivity index (χ4v) is 2.27. The number of anilines is 2. The number of ether oxygens (including phenoxy) is 1. The molecule has 24 heavy (non-hydrogen) atoms. The lowest BCUT2D eigenvalue weighted by Crippen LogP contribution is -2.23. The summed E-state index contributed by atoms with van der Waals surface area (Å²) < 4.78 is 4.64. The maximum absolute atomic E-state index is 12.3. The summed E-state index contributed by atoms with van der Waals surface area (Å²) in [6.07, 6.45) is 1.56. The Morgan fingerprint density at radius 1 is 1.04 bits per heavy atom. The second-order valence-corrected chi connectivity index (χ2v) is 5.10. The summed E-state index contributed by atoms with van der Waals surface area (Å²) in [7, 11) is 1.33. The Bertz CT molecular complexity index is 692. The molecule has 6 nitrogen and oxygen atoms in total. The maximum atomic E-state index is 12.3. The van der Waals surface area contributed by atoms with Gasteiger partial charge in [0.15, 0.2) is 0 Å². The van der Waals surface area contributed by atoms with Crippen LogP contribution in [0.15, 0.2) is 42.6 Å². The van der Waals surface area contributed by atoms with Crippen molar-refractivity contribution >= 4 is 23.4 Å². The van der Waals surface area contributed by atoms with Gasteiger partial charge >= 0.3 is 5.97 Å². The number of amides is 1. The van der Waals surface area contributed by atoms with Crippen molar-refractivity contribution in [2.45, 2.75) is 13.8 Å². The number of carbonyl (C=O) groups is 2. The largest absolute Gasteiger partial charge is 0.465 e. The summed E-state index contributed by atoms with van der Waals surface area (Å²) in [4.78, 5) is 30.1. The Hall–Kier alpha value is -2.89. The summed E-state index contributed by atoms with van der Waals surface area (Å²) in [5.41, 5.74) is 1.50. The first-order valence-corrected chi connectivity index (χ1v) is 7.79. The number of esters is 1. The fraction of sp³-hybridized carbons (Fsp3) is 0.278. The summed E-state index contributed by atoms with van der Waals surface area (Å²) >= 11 is 0. The van der Waals surface area contributed by atoms with E-state index in [0.717, 1.165) is 18.9 Å². The van der Waals surface area contributed by atoms with Gasteiger partial charge in [0.1, 0.15) is 5.82 Å². The van der Waals surface area contributed by atoms with Gasteiger partial charge in [-0.3, -0.25) is 4.79 Å². The van der Waals surface area contributed by atoms with Crippen molar-refractivity contribution < 1.29 is 14.3 Å². The van der Waals surface area contributed by atoms with Gasteiger partial charge in [0.05, 0.1) is 18.2 Å². The molecular weight excluding hydrogens is 306 g/mol. The average Bonchev–Trinajstić information content (AvgIpc) is 2.63. The molecule has 1 N–H and O–H groups in total. The Morgan fingerprint density at radius 2 is 1.67 bits per heavy atom. The first-order valence-electron chi connectivity index (χ1n) is 7.79. The quantitative estimate of drug-likeness (QED) is 0.826. The molecule has 6 heteroatoms. The van der Waals surface area contributed by atoms with Gasteiger partial charge in [-0.05, 0) is 50.2 Å². The topological polar surface area (TPSA) is 71.5 Å². The van der Waals surface area contributed by atoms with E-state index in [1.54, 1.807) is 36.5 Å². The highest BCUT2D eigenvalue weighted by atomic mass is 16.5. The van der Waals surface area contributed by atoms with E-state index in [2.05, 4.69) is 33.8 Å². The van der Waals surface area contributed by atoms with Crippen LogP contribution < -0.4 is 10.2 Å². The number of carbonyl (C=O) groups excluding carboxylic acids is 2. The number of rotatable bonds is 6. The SMILES string of the molecule is CCN(CC)c1ccc(C(=O)Nc2ccc(C(=O)OC)cc2)cn1. The van der Waals surface area contributed by atoms with Crippen molar-refractivity contribution in [2.75, 3.05) is 30.4 Å². The normalized spacial score (nSPS) is 10.1. The Labute approximate surface area is 141 Å². The molecule has 0 bridgehead atoms. The van der Waals surface area contributed by atoms with E-state index in [9.17, 15) is 9.59 Å². The molecule has 0 radical (unpaired) electrons. The zero-order valence-electron chi connectivity index (χ0n) is 14.1. The molecule has 1 aromatic heterocycles. The van der Waals surface area contributed by atoms with Crippen LogP contribution in [0.1, 0.15) is 34.6 Å². The lowest BCUT2D eigenvalue weighted by Gasteiger charge is -2.19. The van der Waals surface area contributed by atoms with Crippen LogP contribution in [0.4, 0.5) is 11.5 Å². The van der Waals surface area contributed by atoms with Gasteiger partial charge in [0.25, 0.3) is 5.91 Å². The first kappa shape index (κ1) is 17.5. The monoisotopic (exact) mass is 327 g/mol. The number of nitrogens with zero attached hydrogens (tertiary/aromatic N) is 2. The van der Waals surface area contributed by atoms with Gasteiger partial charge < -0.3 is 15.0 Å². The predicted octanol–water partition coefficient (Wildman–Crippen LogP) is 2.97. The third kappa shape index (κ3) is 4.10. The molecule has 2 rings (SSSR count). The van der Waals surface area contributed by atoms with Crippen LogP contribution in [0.5, 0.6) is 0 Å². The highest BCUT2D eigenvalue weighted by Crippen LogP contribution is 2.14. The number of pyridine rings is 1. The number of hydrogen-bond acceptors (Lipinski definition) is 5. The van der Waals surface area contributed by atoms with Gasteiger partial charge in [-0.25, -0.2) is 9.78 Å². The van der Waals surface area contributed by atoms with E-state index >= 15 is 0 Å². The lowest BCUT2D eigenvalue weighted by atomic mass is 10.2. The fourth-order valence-electron chi connectivity index (χ4n) is 2.27. The molecule has 0 unspecified atom stereocenters. The smallest absolute Gasteiger partial charge is 0.337 e. The van der Waals surface area contributed by atoms with E-state index < -0.39 is 5.97 Å². The number of methoxy groups -OCH3 is 1. The van der Waals surface area contributed by atoms with Gasteiger partial charge in [-0.1, -0.05) is 0 Å². The number of hydrogen-bond donors (Lipinski definition) is 1. The Balaban J connectivity index is 2.05. The van der Waals surface area contributed by atoms with Crippen molar-refractivity contribution in [1.29, 1.82) is 0 Å². The van der Waals surface area contributed by atoms with Crippen LogP contribution in [0.2, 0.25) is 0 Å². The lowest BCUT2D eigenvalue weighted by molar-refractivity contribution is 0.0600. The first-order chi connectivity index (χ1) is 11.6. The average molecular weight is 327 g/mol. The molecule has 0 spiro atoms. The van der Waals surface area contributed by atoms with Gasteiger partial charge in [-0.15, -0.1) is 0 Å². The molecule has 0 aliphatic heterocycles. The second kappa shape index (κ2) is 8.10. The molecule has 1 amide bonds. The summed E-state index contributed by atoms with van der Waals surface area (Å²) in [5, 5.41) is 2.77.